The van der Waals surface area contributed by atoms with Gasteiger partial charge < -0.3 is 0 Å². The van der Waals surface area contributed by atoms with Crippen LogP contribution in [0.15, 0.2) is 16.3 Å². The Balaban J connectivity index is 2.26. The lowest BCUT2D eigenvalue weighted by Gasteiger charge is -2.17. The summed E-state index contributed by atoms with van der Waals surface area (Å²) in [6.07, 6.45) is 4.98. The van der Waals surface area contributed by atoms with Gasteiger partial charge in [-0.25, -0.2) is 4.68 Å². The summed E-state index contributed by atoms with van der Waals surface area (Å²) in [7, 11) is 1.73. The van der Waals surface area contributed by atoms with E-state index in [-0.39, 0.29) is 5.78 Å². The van der Waals surface area contributed by atoms with Crippen LogP contribution in [0.25, 0.3) is 0 Å². The molecule has 0 saturated heterocycles. The second kappa shape index (κ2) is 4.49. The van der Waals surface area contributed by atoms with Crippen molar-refractivity contribution in [2.24, 2.45) is 13.0 Å². The molecular weight excluding hydrogens is 270 g/mol. The van der Waals surface area contributed by atoms with Crippen LogP contribution in [0.1, 0.15) is 36.7 Å². The Labute approximate surface area is 103 Å². The fourth-order valence-corrected chi connectivity index (χ4v) is 2.40. The van der Waals surface area contributed by atoms with Crippen LogP contribution in [0.5, 0.6) is 0 Å². The summed E-state index contributed by atoms with van der Waals surface area (Å²) < 4.78 is 2.05. The zero-order valence-corrected chi connectivity index (χ0v) is 11.0. The molecule has 4 nitrogen and oxygen atoms in total. The van der Waals surface area contributed by atoms with Crippen LogP contribution in [0.3, 0.4) is 0 Å². The van der Waals surface area contributed by atoms with Crippen molar-refractivity contribution >= 4 is 21.7 Å². The summed E-state index contributed by atoms with van der Waals surface area (Å²) in [5.74, 6) is 0.732. The van der Waals surface area contributed by atoms with E-state index in [2.05, 4.69) is 39.2 Å². The van der Waals surface area contributed by atoms with Crippen molar-refractivity contribution in [1.82, 2.24) is 15.0 Å². The SMILES string of the molecule is CC1CC=C(C(=O)c2c(Br)nnn2C)CC1. The summed E-state index contributed by atoms with van der Waals surface area (Å²) in [6.45, 7) is 2.21. The average Bonchev–Trinajstić information content (AvgIpc) is 2.59. The van der Waals surface area contributed by atoms with Gasteiger partial charge >= 0.3 is 0 Å². The molecule has 0 aliphatic heterocycles. The van der Waals surface area contributed by atoms with Crippen molar-refractivity contribution in [3.63, 3.8) is 0 Å². The molecule has 86 valence electrons. The van der Waals surface area contributed by atoms with Crippen LogP contribution in [0.4, 0.5) is 0 Å². The summed E-state index contributed by atoms with van der Waals surface area (Å²) >= 11 is 3.25. The number of aromatic nitrogens is 3. The first kappa shape index (κ1) is 11.5. The maximum atomic E-state index is 12.2. The molecule has 1 atom stereocenters. The number of carbonyl (C=O) groups excluding carboxylic acids is 1. The molecule has 16 heavy (non-hydrogen) atoms. The molecule has 1 aromatic heterocycles. The molecule has 0 N–H and O–H groups in total. The Morgan fingerprint density at radius 1 is 1.62 bits per heavy atom. The highest BCUT2D eigenvalue weighted by atomic mass is 79.9. The maximum absolute atomic E-state index is 12.2. The lowest BCUT2D eigenvalue weighted by molar-refractivity contribution is 0.101. The van der Waals surface area contributed by atoms with E-state index in [1.807, 2.05) is 0 Å². The molecule has 1 aliphatic rings. The van der Waals surface area contributed by atoms with Gasteiger partial charge in [0.15, 0.2) is 4.60 Å². The molecule has 0 amide bonds. The molecule has 1 unspecified atom stereocenters. The van der Waals surface area contributed by atoms with Crippen molar-refractivity contribution in [2.45, 2.75) is 26.2 Å². The van der Waals surface area contributed by atoms with Gasteiger partial charge in [0.2, 0.25) is 5.78 Å². The van der Waals surface area contributed by atoms with Gasteiger partial charge in [0.1, 0.15) is 5.69 Å². The van der Waals surface area contributed by atoms with Crippen LogP contribution in [0.2, 0.25) is 0 Å². The largest absolute Gasteiger partial charge is 0.287 e. The first-order chi connectivity index (χ1) is 7.59. The molecule has 1 aromatic rings. The number of ketones is 1. The highest BCUT2D eigenvalue weighted by molar-refractivity contribution is 9.10. The number of hydrogen-bond donors (Lipinski definition) is 0. The van der Waals surface area contributed by atoms with Crippen LogP contribution in [-0.4, -0.2) is 20.8 Å². The standard InChI is InChI=1S/C11H14BrN3O/c1-7-3-5-8(6-4-7)10(16)9-11(12)13-14-15(9)2/h5,7H,3-4,6H2,1-2H3. The van der Waals surface area contributed by atoms with Crippen LogP contribution >= 0.6 is 15.9 Å². The number of allylic oxidation sites excluding steroid dienone is 2. The molecule has 0 saturated carbocycles. The molecule has 0 spiro atoms. The minimum Gasteiger partial charge on any atom is -0.287 e. The maximum Gasteiger partial charge on any atom is 0.209 e. The van der Waals surface area contributed by atoms with Crippen molar-refractivity contribution in [3.05, 3.63) is 21.9 Å². The van der Waals surface area contributed by atoms with E-state index in [9.17, 15) is 4.79 Å². The van der Waals surface area contributed by atoms with E-state index in [1.165, 1.54) is 4.68 Å². The zero-order chi connectivity index (χ0) is 11.7. The topological polar surface area (TPSA) is 47.8 Å². The summed E-state index contributed by atoms with van der Waals surface area (Å²) in [5.41, 5.74) is 1.44. The van der Waals surface area contributed by atoms with Gasteiger partial charge in [-0.1, -0.05) is 18.2 Å². The van der Waals surface area contributed by atoms with Gasteiger partial charge in [-0.15, -0.1) is 5.10 Å². The highest BCUT2D eigenvalue weighted by Gasteiger charge is 2.22. The van der Waals surface area contributed by atoms with Crippen LogP contribution < -0.4 is 0 Å². The second-order valence-corrected chi connectivity index (χ2v) is 5.04. The number of aryl methyl sites for hydroxylation is 1. The van der Waals surface area contributed by atoms with E-state index in [0.29, 0.717) is 16.2 Å². The Morgan fingerprint density at radius 2 is 2.38 bits per heavy atom. The first-order valence-corrected chi connectivity index (χ1v) is 6.17. The van der Waals surface area contributed by atoms with E-state index < -0.39 is 0 Å². The number of carbonyl (C=O) groups is 1. The Morgan fingerprint density at radius 3 is 2.88 bits per heavy atom. The third-order valence-electron chi connectivity index (χ3n) is 2.97. The van der Waals surface area contributed by atoms with Gasteiger partial charge in [0.05, 0.1) is 0 Å². The third kappa shape index (κ3) is 2.09. The van der Waals surface area contributed by atoms with Gasteiger partial charge in [0.25, 0.3) is 0 Å². The van der Waals surface area contributed by atoms with Crippen molar-refractivity contribution in [2.75, 3.05) is 0 Å². The molecule has 0 bridgehead atoms. The molecule has 0 aromatic carbocycles. The quantitative estimate of drug-likeness (QED) is 0.784. The predicted octanol–water partition coefficient (Wildman–Crippen LogP) is 2.51. The average molecular weight is 284 g/mol. The van der Waals surface area contributed by atoms with Crippen molar-refractivity contribution < 1.29 is 4.79 Å². The summed E-state index contributed by atoms with van der Waals surface area (Å²) in [6, 6.07) is 0. The molecule has 5 heteroatoms. The van der Waals surface area contributed by atoms with Gasteiger partial charge in [-0.05, 0) is 46.7 Å². The summed E-state index contributed by atoms with van der Waals surface area (Å²) in [5, 5.41) is 7.65. The number of hydrogen-bond acceptors (Lipinski definition) is 3. The third-order valence-corrected chi connectivity index (χ3v) is 3.50. The molecule has 1 heterocycles. The number of nitrogens with zero attached hydrogens (tertiary/aromatic N) is 3. The molecular formula is C11H14BrN3O. The second-order valence-electron chi connectivity index (χ2n) is 4.29. The van der Waals surface area contributed by atoms with Crippen LogP contribution in [-0.2, 0) is 7.05 Å². The first-order valence-electron chi connectivity index (χ1n) is 5.38. The Bertz CT molecular complexity index is 431. The fraction of sp³-hybridized carbons (Fsp3) is 0.545. The molecule has 0 fully saturated rings. The zero-order valence-electron chi connectivity index (χ0n) is 9.40. The minimum atomic E-state index is 0.0475. The fourth-order valence-electron chi connectivity index (χ4n) is 1.90. The van der Waals surface area contributed by atoms with Gasteiger partial charge in [-0.2, -0.15) is 0 Å². The lowest BCUT2D eigenvalue weighted by Crippen LogP contribution is -2.14. The summed E-state index contributed by atoms with van der Waals surface area (Å²) in [4.78, 5) is 12.2. The number of halogens is 1. The van der Waals surface area contributed by atoms with Crippen LogP contribution in [0, 0.1) is 5.92 Å². The molecule has 0 radical (unpaired) electrons. The predicted molar refractivity (Wildman–Crippen MR) is 64.1 cm³/mol. The Kier molecular flexibility index (Phi) is 3.23. The minimum absolute atomic E-state index is 0.0475. The van der Waals surface area contributed by atoms with Crippen molar-refractivity contribution in [3.8, 4) is 0 Å². The Hall–Kier alpha value is -0.970. The number of rotatable bonds is 2. The van der Waals surface area contributed by atoms with Gasteiger partial charge in [-0.3, -0.25) is 4.79 Å². The highest BCUT2D eigenvalue weighted by Crippen LogP contribution is 2.26. The van der Waals surface area contributed by atoms with E-state index in [0.717, 1.165) is 24.8 Å². The van der Waals surface area contributed by atoms with E-state index >= 15 is 0 Å². The van der Waals surface area contributed by atoms with E-state index in [1.54, 1.807) is 7.05 Å². The molecule has 2 rings (SSSR count). The number of Topliss-reactive ketones (excluding diaryl/α,β-unsaturated/α-hetero) is 1. The normalized spacial score (nSPS) is 20.7. The van der Waals surface area contributed by atoms with E-state index in [4.69, 9.17) is 0 Å². The van der Waals surface area contributed by atoms with Gasteiger partial charge in [0, 0.05) is 7.05 Å². The molecule has 1 aliphatic carbocycles. The smallest absolute Gasteiger partial charge is 0.209 e. The monoisotopic (exact) mass is 283 g/mol. The van der Waals surface area contributed by atoms with Crippen molar-refractivity contribution in [1.29, 1.82) is 0 Å². The lowest BCUT2D eigenvalue weighted by atomic mass is 9.88.